The molecule has 0 fully saturated rings. The van der Waals surface area contributed by atoms with E-state index >= 15 is 0 Å². The van der Waals surface area contributed by atoms with Crippen LogP contribution in [0.25, 0.3) is 0 Å². The van der Waals surface area contributed by atoms with Crippen molar-refractivity contribution < 1.29 is 27.4 Å². The highest BCUT2D eigenvalue weighted by molar-refractivity contribution is 5.88. The van der Waals surface area contributed by atoms with Gasteiger partial charge in [0.25, 0.3) is 0 Å². The number of anilines is 1. The van der Waals surface area contributed by atoms with Crippen LogP contribution in [-0.2, 0) is 17.9 Å². The molecule has 0 unspecified atom stereocenters. The van der Waals surface area contributed by atoms with Crippen molar-refractivity contribution in [3.63, 3.8) is 0 Å². The van der Waals surface area contributed by atoms with E-state index in [1.165, 1.54) is 13.0 Å². The van der Waals surface area contributed by atoms with Gasteiger partial charge >= 0.3 is 6.18 Å². The van der Waals surface area contributed by atoms with E-state index in [-0.39, 0.29) is 17.4 Å². The second-order valence-electron chi connectivity index (χ2n) is 6.10. The van der Waals surface area contributed by atoms with E-state index in [4.69, 9.17) is 9.47 Å². The fourth-order valence-electron chi connectivity index (χ4n) is 2.52. The normalized spacial score (nSPS) is 11.2. The molecule has 0 aromatic heterocycles. The van der Waals surface area contributed by atoms with Crippen molar-refractivity contribution in [2.24, 2.45) is 0 Å². The van der Waals surface area contributed by atoms with Crippen molar-refractivity contribution in [1.29, 1.82) is 0 Å². The molecule has 8 heteroatoms. The maximum Gasteiger partial charge on any atom is 0.422 e. The molecule has 152 valence electrons. The molecule has 2 aromatic rings. The monoisotopic (exact) mass is 396 g/mol. The van der Waals surface area contributed by atoms with Crippen molar-refractivity contribution in [3.8, 4) is 11.5 Å². The number of amides is 1. The maximum absolute atomic E-state index is 12.4. The third-order valence-corrected chi connectivity index (χ3v) is 3.60. The van der Waals surface area contributed by atoms with Crippen LogP contribution >= 0.6 is 0 Å². The van der Waals surface area contributed by atoms with Gasteiger partial charge in [0.2, 0.25) is 5.91 Å². The Bertz CT molecular complexity index is 795. The molecule has 2 aromatic carbocycles. The Morgan fingerprint density at radius 3 is 2.36 bits per heavy atom. The smallest absolute Gasteiger partial charge is 0.422 e. The van der Waals surface area contributed by atoms with E-state index in [9.17, 15) is 18.0 Å². The Kier molecular flexibility index (Phi) is 7.69. The summed E-state index contributed by atoms with van der Waals surface area (Å²) in [4.78, 5) is 11.1. The number of nitrogens with one attached hydrogen (secondary N) is 2. The van der Waals surface area contributed by atoms with Crippen molar-refractivity contribution in [2.75, 3.05) is 18.5 Å². The van der Waals surface area contributed by atoms with Gasteiger partial charge < -0.3 is 20.1 Å². The van der Waals surface area contributed by atoms with Gasteiger partial charge in [-0.05, 0) is 42.3 Å². The lowest BCUT2D eigenvalue weighted by Crippen LogP contribution is -2.19. The Hall–Kier alpha value is -2.74. The molecule has 0 spiro atoms. The average Bonchev–Trinajstić information content (AvgIpc) is 2.60. The minimum absolute atomic E-state index is 0.0610. The summed E-state index contributed by atoms with van der Waals surface area (Å²) >= 11 is 0. The summed E-state index contributed by atoms with van der Waals surface area (Å²) in [6.07, 6.45) is -4.41. The first-order valence-corrected chi connectivity index (χ1v) is 8.79. The zero-order chi connectivity index (χ0) is 20.6. The Balaban J connectivity index is 1.96. The molecule has 0 radical (unpaired) electrons. The molecule has 0 bridgehead atoms. The third kappa shape index (κ3) is 7.48. The fraction of sp³-hybridized carbons (Fsp3) is 0.350. The predicted octanol–water partition coefficient (Wildman–Crippen LogP) is 4.27. The number of alkyl halides is 3. The molecule has 0 saturated carbocycles. The summed E-state index contributed by atoms with van der Waals surface area (Å²) in [5.41, 5.74) is 2.55. The number of hydrogen-bond donors (Lipinski definition) is 2. The molecule has 0 aliphatic carbocycles. The summed E-state index contributed by atoms with van der Waals surface area (Å²) in [6, 6.07) is 12.3. The number of carbonyl (C=O) groups excluding carboxylic acids is 1. The molecule has 1 amide bonds. The minimum atomic E-state index is -4.41. The van der Waals surface area contributed by atoms with Crippen LogP contribution in [-0.4, -0.2) is 25.3 Å². The van der Waals surface area contributed by atoms with Gasteiger partial charge in [0, 0.05) is 25.7 Å². The Labute approximate surface area is 161 Å². The number of benzene rings is 2. The molecule has 28 heavy (non-hydrogen) atoms. The first-order chi connectivity index (χ1) is 13.3. The molecular weight excluding hydrogens is 373 g/mol. The molecule has 0 aliphatic heterocycles. The minimum Gasteiger partial charge on any atom is -0.490 e. The number of ether oxygens (including phenoxy) is 2. The summed E-state index contributed by atoms with van der Waals surface area (Å²) in [5, 5.41) is 5.98. The van der Waals surface area contributed by atoms with E-state index < -0.39 is 12.8 Å². The van der Waals surface area contributed by atoms with Gasteiger partial charge in [-0.2, -0.15) is 13.2 Å². The molecule has 5 nitrogen and oxygen atoms in total. The third-order valence-electron chi connectivity index (χ3n) is 3.60. The lowest BCUT2D eigenvalue weighted by molar-refractivity contribution is -0.153. The van der Waals surface area contributed by atoms with Gasteiger partial charge in [0.1, 0.15) is 0 Å². The zero-order valence-corrected chi connectivity index (χ0v) is 15.7. The topological polar surface area (TPSA) is 59.6 Å². The van der Waals surface area contributed by atoms with Gasteiger partial charge in [-0.15, -0.1) is 0 Å². The van der Waals surface area contributed by atoms with Gasteiger partial charge in [-0.1, -0.05) is 18.2 Å². The van der Waals surface area contributed by atoms with E-state index in [0.717, 1.165) is 16.8 Å². The van der Waals surface area contributed by atoms with E-state index in [0.29, 0.717) is 19.7 Å². The van der Waals surface area contributed by atoms with E-state index in [1.807, 2.05) is 18.2 Å². The summed E-state index contributed by atoms with van der Waals surface area (Å²) in [5.74, 6) is 0.200. The van der Waals surface area contributed by atoms with Crippen LogP contribution < -0.4 is 20.1 Å². The largest absolute Gasteiger partial charge is 0.490 e. The number of rotatable bonds is 9. The number of halogens is 3. The molecule has 2 N–H and O–H groups in total. The van der Waals surface area contributed by atoms with Crippen LogP contribution in [0.5, 0.6) is 11.5 Å². The summed E-state index contributed by atoms with van der Waals surface area (Å²) in [6.45, 7) is 3.20. The zero-order valence-electron chi connectivity index (χ0n) is 15.7. The molecule has 0 aliphatic rings. The van der Waals surface area contributed by atoms with Crippen LogP contribution in [0, 0.1) is 0 Å². The quantitative estimate of drug-likeness (QED) is 0.665. The molecule has 0 saturated heterocycles. The van der Waals surface area contributed by atoms with Gasteiger partial charge in [0.15, 0.2) is 18.1 Å². The second kappa shape index (κ2) is 9.98. The van der Waals surface area contributed by atoms with Crippen molar-refractivity contribution in [2.45, 2.75) is 33.1 Å². The summed E-state index contributed by atoms with van der Waals surface area (Å²) in [7, 11) is 0. The SMILES string of the molecule is CCOc1cc(CNCc2cccc(NC(C)=O)c2)ccc1OCC(F)(F)F. The first kappa shape index (κ1) is 21.6. The molecular formula is C20H23F3N2O3. The highest BCUT2D eigenvalue weighted by atomic mass is 19.4. The first-order valence-electron chi connectivity index (χ1n) is 8.79. The van der Waals surface area contributed by atoms with E-state index in [1.54, 1.807) is 25.1 Å². The lowest BCUT2D eigenvalue weighted by atomic mass is 10.1. The second-order valence-corrected chi connectivity index (χ2v) is 6.10. The summed E-state index contributed by atoms with van der Waals surface area (Å²) < 4.78 is 47.3. The molecule has 0 atom stereocenters. The Morgan fingerprint density at radius 2 is 1.71 bits per heavy atom. The van der Waals surface area contributed by atoms with Gasteiger partial charge in [-0.25, -0.2) is 0 Å². The molecule has 0 heterocycles. The average molecular weight is 396 g/mol. The van der Waals surface area contributed by atoms with Crippen LogP contribution in [0.3, 0.4) is 0 Å². The van der Waals surface area contributed by atoms with Crippen molar-refractivity contribution in [1.82, 2.24) is 5.32 Å². The highest BCUT2D eigenvalue weighted by Gasteiger charge is 2.29. The number of hydrogen-bond acceptors (Lipinski definition) is 4. The Morgan fingerprint density at radius 1 is 1.00 bits per heavy atom. The van der Waals surface area contributed by atoms with Crippen LogP contribution in [0.15, 0.2) is 42.5 Å². The van der Waals surface area contributed by atoms with E-state index in [2.05, 4.69) is 10.6 Å². The lowest BCUT2D eigenvalue weighted by Gasteiger charge is -2.15. The van der Waals surface area contributed by atoms with Crippen LogP contribution in [0.2, 0.25) is 0 Å². The van der Waals surface area contributed by atoms with Crippen LogP contribution in [0.4, 0.5) is 18.9 Å². The van der Waals surface area contributed by atoms with Crippen molar-refractivity contribution >= 4 is 11.6 Å². The van der Waals surface area contributed by atoms with Gasteiger partial charge in [0.05, 0.1) is 6.61 Å². The molecule has 2 rings (SSSR count). The predicted molar refractivity (Wildman–Crippen MR) is 100 cm³/mol. The maximum atomic E-state index is 12.4. The highest BCUT2D eigenvalue weighted by Crippen LogP contribution is 2.30. The van der Waals surface area contributed by atoms with Crippen molar-refractivity contribution in [3.05, 3.63) is 53.6 Å². The fourth-order valence-corrected chi connectivity index (χ4v) is 2.52. The van der Waals surface area contributed by atoms with Gasteiger partial charge in [-0.3, -0.25) is 4.79 Å². The number of carbonyl (C=O) groups is 1. The standard InChI is InChI=1S/C20H23F3N2O3/c1-3-27-19-10-16(7-8-18(19)28-13-20(21,22)23)12-24-11-15-5-4-6-17(9-15)25-14(2)26/h4-10,24H,3,11-13H2,1-2H3,(H,25,26). The van der Waals surface area contributed by atoms with Crippen LogP contribution in [0.1, 0.15) is 25.0 Å².